The third-order valence-electron chi connectivity index (χ3n) is 4.91. The van der Waals surface area contributed by atoms with Crippen LogP contribution in [0.15, 0.2) is 48.4 Å². The lowest BCUT2D eigenvalue weighted by molar-refractivity contribution is -0.141. The maximum Gasteiger partial charge on any atom is 0.416 e. The molecule has 0 saturated carbocycles. The number of carbonyl (C=O) groups is 3. The lowest BCUT2D eigenvalue weighted by atomic mass is 9.73. The Bertz CT molecular complexity index is 1060. The molecule has 0 spiro atoms. The van der Waals surface area contributed by atoms with Gasteiger partial charge in [-0.3, -0.25) is 24.0 Å². The molecule has 30 heavy (non-hydrogen) atoms. The van der Waals surface area contributed by atoms with Crippen LogP contribution in [-0.2, 0) is 34.0 Å². The van der Waals surface area contributed by atoms with E-state index in [1.165, 1.54) is 16.9 Å². The van der Waals surface area contributed by atoms with E-state index in [1.54, 1.807) is 13.2 Å². The van der Waals surface area contributed by atoms with Gasteiger partial charge in [-0.2, -0.15) is 18.3 Å². The molecule has 3 amide bonds. The van der Waals surface area contributed by atoms with E-state index in [2.05, 4.69) is 5.10 Å². The van der Waals surface area contributed by atoms with E-state index in [1.807, 2.05) is 0 Å². The number of hydrogen-bond donors (Lipinski definition) is 2. The predicted octanol–water partition coefficient (Wildman–Crippen LogP) is 1.26. The van der Waals surface area contributed by atoms with Gasteiger partial charge in [0.05, 0.1) is 11.8 Å². The number of primary amides is 2. The second-order valence-corrected chi connectivity index (χ2v) is 7.06. The second-order valence-electron chi connectivity index (χ2n) is 7.06. The van der Waals surface area contributed by atoms with Crippen LogP contribution >= 0.6 is 0 Å². The fourth-order valence-corrected chi connectivity index (χ4v) is 3.40. The van der Waals surface area contributed by atoms with Crippen LogP contribution in [0.1, 0.15) is 17.5 Å². The van der Waals surface area contributed by atoms with Gasteiger partial charge in [-0.05, 0) is 30.2 Å². The molecule has 0 aliphatic carbocycles. The van der Waals surface area contributed by atoms with Gasteiger partial charge in [0.1, 0.15) is 5.41 Å². The summed E-state index contributed by atoms with van der Waals surface area (Å²) in [7, 11) is 1.63. The van der Waals surface area contributed by atoms with Crippen molar-refractivity contribution >= 4 is 23.4 Å². The number of anilines is 1. The van der Waals surface area contributed by atoms with Crippen molar-refractivity contribution < 1.29 is 27.6 Å². The first-order valence-electron chi connectivity index (χ1n) is 8.73. The molecule has 0 fully saturated rings. The van der Waals surface area contributed by atoms with Gasteiger partial charge in [-0.25, -0.2) is 0 Å². The largest absolute Gasteiger partial charge is 0.416 e. The van der Waals surface area contributed by atoms with Crippen molar-refractivity contribution in [3.05, 3.63) is 59.6 Å². The number of aromatic nitrogens is 2. The number of aryl methyl sites for hydroxylation is 1. The highest BCUT2D eigenvalue weighted by Gasteiger charge is 2.51. The molecule has 4 N–H and O–H groups in total. The number of carbonyl (C=O) groups excluding carboxylic acids is 3. The van der Waals surface area contributed by atoms with E-state index in [0.29, 0.717) is 5.56 Å². The summed E-state index contributed by atoms with van der Waals surface area (Å²) in [6.07, 6.45) is -1.19. The summed E-state index contributed by atoms with van der Waals surface area (Å²) in [6, 6.07) is 3.95. The number of rotatable bonds is 5. The fraction of sp³-hybridized carbons (Fsp3) is 0.263. The molecular weight excluding hydrogens is 403 g/mol. The van der Waals surface area contributed by atoms with Gasteiger partial charge >= 0.3 is 6.18 Å². The van der Waals surface area contributed by atoms with Crippen LogP contribution in [0.3, 0.4) is 0 Å². The van der Waals surface area contributed by atoms with E-state index in [0.717, 1.165) is 29.3 Å². The Morgan fingerprint density at radius 3 is 2.50 bits per heavy atom. The number of halogens is 3. The Kier molecular flexibility index (Phi) is 5.15. The summed E-state index contributed by atoms with van der Waals surface area (Å²) in [5, 5.41) is 3.98. The van der Waals surface area contributed by atoms with E-state index in [-0.39, 0.29) is 24.1 Å². The van der Waals surface area contributed by atoms with Crippen molar-refractivity contribution in [3.63, 3.8) is 0 Å². The standard InChI is InChI=1S/C19H18F3N5O3/c1-26-9-11(8-25-26)6-18(16(24)29)7-12(15(23)28)10-27(17(18)30)14-4-2-3-13(5-14)19(20,21)22/h2-5,8-10H,6-7H2,1H3,(H2,23,28)(H2,24,29). The van der Waals surface area contributed by atoms with E-state index in [4.69, 9.17) is 11.5 Å². The van der Waals surface area contributed by atoms with Crippen molar-refractivity contribution in [2.24, 2.45) is 23.9 Å². The zero-order valence-corrected chi connectivity index (χ0v) is 15.8. The number of hydrogen-bond acceptors (Lipinski definition) is 4. The summed E-state index contributed by atoms with van der Waals surface area (Å²) in [5.41, 5.74) is 8.23. The third kappa shape index (κ3) is 3.78. The third-order valence-corrected chi connectivity index (χ3v) is 4.91. The van der Waals surface area contributed by atoms with E-state index >= 15 is 0 Å². The molecule has 0 radical (unpaired) electrons. The molecule has 1 aromatic carbocycles. The summed E-state index contributed by atoms with van der Waals surface area (Å²) in [6.45, 7) is 0. The van der Waals surface area contributed by atoms with Crippen LogP contribution in [0, 0.1) is 5.41 Å². The maximum absolute atomic E-state index is 13.3. The van der Waals surface area contributed by atoms with Crippen LogP contribution in [-0.4, -0.2) is 27.5 Å². The van der Waals surface area contributed by atoms with Crippen LogP contribution in [0.2, 0.25) is 0 Å². The molecule has 158 valence electrons. The average Bonchev–Trinajstić information content (AvgIpc) is 3.07. The summed E-state index contributed by atoms with van der Waals surface area (Å²) in [4.78, 5) is 38.5. The van der Waals surface area contributed by atoms with Gasteiger partial charge in [0.15, 0.2) is 0 Å². The van der Waals surface area contributed by atoms with Gasteiger partial charge in [-0.15, -0.1) is 0 Å². The van der Waals surface area contributed by atoms with Crippen LogP contribution in [0.25, 0.3) is 0 Å². The lowest BCUT2D eigenvalue weighted by Gasteiger charge is -2.38. The van der Waals surface area contributed by atoms with E-state index < -0.39 is 34.9 Å². The lowest BCUT2D eigenvalue weighted by Crippen LogP contribution is -2.55. The number of alkyl halides is 3. The molecule has 1 unspecified atom stereocenters. The van der Waals surface area contributed by atoms with Crippen LogP contribution < -0.4 is 16.4 Å². The Hall–Kier alpha value is -3.63. The molecule has 1 aromatic heterocycles. The van der Waals surface area contributed by atoms with Crippen LogP contribution in [0.5, 0.6) is 0 Å². The Labute approximate surface area is 168 Å². The summed E-state index contributed by atoms with van der Waals surface area (Å²) < 4.78 is 40.8. The molecular formula is C19H18F3N5O3. The Morgan fingerprint density at radius 2 is 1.97 bits per heavy atom. The molecule has 0 saturated heterocycles. The second kappa shape index (κ2) is 7.32. The first kappa shape index (κ1) is 21.1. The van der Waals surface area contributed by atoms with Gasteiger partial charge in [0.25, 0.3) is 0 Å². The van der Waals surface area contributed by atoms with E-state index in [9.17, 15) is 27.6 Å². The zero-order chi connectivity index (χ0) is 22.3. The smallest absolute Gasteiger partial charge is 0.369 e. The van der Waals surface area contributed by atoms with Gasteiger partial charge in [-0.1, -0.05) is 6.07 Å². The number of amides is 3. The highest BCUT2D eigenvalue weighted by atomic mass is 19.4. The average molecular weight is 421 g/mol. The van der Waals surface area contributed by atoms with Crippen molar-refractivity contribution in [2.75, 3.05) is 4.90 Å². The van der Waals surface area contributed by atoms with Gasteiger partial charge in [0.2, 0.25) is 17.7 Å². The monoisotopic (exact) mass is 421 g/mol. The number of benzene rings is 1. The molecule has 1 atom stereocenters. The Balaban J connectivity index is 2.14. The molecule has 8 nitrogen and oxygen atoms in total. The molecule has 1 aliphatic rings. The molecule has 1 aliphatic heterocycles. The molecule has 0 bridgehead atoms. The highest BCUT2D eigenvalue weighted by Crippen LogP contribution is 2.40. The maximum atomic E-state index is 13.3. The molecule has 2 heterocycles. The first-order valence-corrected chi connectivity index (χ1v) is 8.73. The first-order chi connectivity index (χ1) is 13.9. The van der Waals surface area contributed by atoms with Crippen molar-refractivity contribution in [2.45, 2.75) is 19.0 Å². The topological polar surface area (TPSA) is 124 Å². The van der Waals surface area contributed by atoms with Gasteiger partial charge < -0.3 is 11.5 Å². The zero-order valence-electron chi connectivity index (χ0n) is 15.8. The minimum absolute atomic E-state index is 0.116. The fourth-order valence-electron chi connectivity index (χ4n) is 3.40. The predicted molar refractivity (Wildman–Crippen MR) is 99.4 cm³/mol. The molecule has 11 heteroatoms. The minimum atomic E-state index is -4.65. The molecule has 3 rings (SSSR count). The number of nitrogens with zero attached hydrogens (tertiary/aromatic N) is 3. The summed E-state index contributed by atoms with van der Waals surface area (Å²) in [5.74, 6) is -2.81. The number of nitrogens with two attached hydrogens (primary N) is 2. The summed E-state index contributed by atoms with van der Waals surface area (Å²) >= 11 is 0. The van der Waals surface area contributed by atoms with Crippen molar-refractivity contribution in [1.29, 1.82) is 0 Å². The normalized spacial score (nSPS) is 19.5. The SMILES string of the molecule is Cn1cc(CC2(C(N)=O)CC(C(N)=O)=CN(c3cccc(C(F)(F)F)c3)C2=O)cn1. The Morgan fingerprint density at radius 1 is 1.27 bits per heavy atom. The quantitative estimate of drug-likeness (QED) is 0.705. The van der Waals surface area contributed by atoms with Gasteiger partial charge in [0, 0.05) is 37.1 Å². The minimum Gasteiger partial charge on any atom is -0.369 e. The van der Waals surface area contributed by atoms with Crippen molar-refractivity contribution in [3.8, 4) is 0 Å². The molecule has 2 aromatic rings. The highest BCUT2D eigenvalue weighted by molar-refractivity contribution is 6.15. The van der Waals surface area contributed by atoms with Crippen LogP contribution in [0.4, 0.5) is 18.9 Å². The van der Waals surface area contributed by atoms with Crippen molar-refractivity contribution in [1.82, 2.24) is 9.78 Å².